The number of esters is 1. The van der Waals surface area contributed by atoms with E-state index in [2.05, 4.69) is 5.32 Å². The van der Waals surface area contributed by atoms with Crippen LogP contribution in [0.5, 0.6) is 5.75 Å². The summed E-state index contributed by atoms with van der Waals surface area (Å²) in [4.78, 5) is 38.1. The zero-order valence-electron chi connectivity index (χ0n) is 17.7. The number of phenolic OH excluding ortho intramolecular Hbond substituents is 1. The molecule has 2 heterocycles. The van der Waals surface area contributed by atoms with Gasteiger partial charge in [0, 0.05) is 40.6 Å². The standard InChI is InChI=1S/C25H21N3O5/c1-33-25(32)20-13-15(8-9-21(20)26)23(30)22-17(11-18-6-2-3-10-28(18)22)14-27-24(31)16-5-4-7-19(29)12-16/h2-13,29H,14,26H2,1H3,(H,27,31). The fraction of sp³-hybridized carbons (Fsp3) is 0.0800. The van der Waals surface area contributed by atoms with Crippen molar-refractivity contribution in [3.05, 3.63) is 101 Å². The first kappa shape index (κ1) is 21.6. The first-order valence-electron chi connectivity index (χ1n) is 10.1. The summed E-state index contributed by atoms with van der Waals surface area (Å²) >= 11 is 0. The molecule has 0 fully saturated rings. The van der Waals surface area contributed by atoms with E-state index in [9.17, 15) is 19.5 Å². The molecule has 0 aliphatic heterocycles. The summed E-state index contributed by atoms with van der Waals surface area (Å²) in [5.41, 5.74) is 8.44. The van der Waals surface area contributed by atoms with E-state index in [-0.39, 0.29) is 40.8 Å². The number of hydrogen-bond donors (Lipinski definition) is 3. The first-order valence-corrected chi connectivity index (χ1v) is 10.1. The van der Waals surface area contributed by atoms with Gasteiger partial charge in [-0.2, -0.15) is 0 Å². The number of carbonyl (C=O) groups excluding carboxylic acids is 3. The van der Waals surface area contributed by atoms with Gasteiger partial charge in [0.2, 0.25) is 5.78 Å². The number of hydrogen-bond acceptors (Lipinski definition) is 6. The lowest BCUT2D eigenvalue weighted by molar-refractivity contribution is 0.0601. The van der Waals surface area contributed by atoms with Crippen molar-refractivity contribution in [3.8, 4) is 5.75 Å². The molecule has 0 bridgehead atoms. The SMILES string of the molecule is COC(=O)c1cc(C(=O)c2c(CNC(=O)c3cccc(O)c3)cc3ccccn23)ccc1N. The van der Waals surface area contributed by atoms with Gasteiger partial charge in [-0.05, 0) is 54.6 Å². The van der Waals surface area contributed by atoms with Gasteiger partial charge in [-0.3, -0.25) is 9.59 Å². The van der Waals surface area contributed by atoms with Gasteiger partial charge in [-0.15, -0.1) is 0 Å². The van der Waals surface area contributed by atoms with E-state index in [0.717, 1.165) is 5.52 Å². The van der Waals surface area contributed by atoms with Crippen LogP contribution >= 0.6 is 0 Å². The Morgan fingerprint density at radius 3 is 2.58 bits per heavy atom. The molecule has 0 spiro atoms. The van der Waals surface area contributed by atoms with Gasteiger partial charge in [-0.25, -0.2) is 4.79 Å². The van der Waals surface area contributed by atoms with Crippen LogP contribution < -0.4 is 11.1 Å². The number of ketones is 1. The maximum absolute atomic E-state index is 13.5. The van der Waals surface area contributed by atoms with E-state index in [0.29, 0.717) is 16.8 Å². The third kappa shape index (κ3) is 4.27. The largest absolute Gasteiger partial charge is 0.508 e. The Hall–Kier alpha value is -4.59. The smallest absolute Gasteiger partial charge is 0.339 e. The third-order valence-electron chi connectivity index (χ3n) is 5.24. The summed E-state index contributed by atoms with van der Waals surface area (Å²) in [6.45, 7) is 0.0794. The van der Waals surface area contributed by atoms with E-state index in [1.807, 2.05) is 18.2 Å². The molecule has 0 unspecified atom stereocenters. The summed E-state index contributed by atoms with van der Waals surface area (Å²) in [5.74, 6) is -1.38. The maximum Gasteiger partial charge on any atom is 0.339 e. The van der Waals surface area contributed by atoms with Gasteiger partial charge in [0.25, 0.3) is 5.91 Å². The predicted octanol–water partition coefficient (Wildman–Crippen LogP) is 3.17. The molecule has 4 N–H and O–H groups in total. The van der Waals surface area contributed by atoms with Crippen molar-refractivity contribution in [1.82, 2.24) is 9.72 Å². The Labute approximate surface area is 189 Å². The van der Waals surface area contributed by atoms with Gasteiger partial charge in [0.1, 0.15) is 5.75 Å². The number of rotatable bonds is 6. The Morgan fingerprint density at radius 2 is 1.82 bits per heavy atom. The van der Waals surface area contributed by atoms with Crippen LogP contribution in [0.25, 0.3) is 5.52 Å². The molecule has 1 amide bonds. The quantitative estimate of drug-likeness (QED) is 0.239. The number of benzene rings is 2. The second kappa shape index (κ2) is 8.88. The summed E-state index contributed by atoms with van der Waals surface area (Å²) < 4.78 is 6.48. The highest BCUT2D eigenvalue weighted by atomic mass is 16.5. The van der Waals surface area contributed by atoms with E-state index in [4.69, 9.17) is 10.5 Å². The van der Waals surface area contributed by atoms with Gasteiger partial charge in [0.15, 0.2) is 0 Å². The van der Waals surface area contributed by atoms with Gasteiger partial charge < -0.3 is 25.3 Å². The van der Waals surface area contributed by atoms with Crippen LogP contribution in [0.15, 0.2) is 72.9 Å². The lowest BCUT2D eigenvalue weighted by Gasteiger charge is -2.10. The van der Waals surface area contributed by atoms with Crippen LogP contribution in [0, 0.1) is 0 Å². The van der Waals surface area contributed by atoms with Gasteiger partial charge in [-0.1, -0.05) is 12.1 Å². The highest BCUT2D eigenvalue weighted by molar-refractivity contribution is 6.11. The highest BCUT2D eigenvalue weighted by Gasteiger charge is 2.22. The average molecular weight is 443 g/mol. The van der Waals surface area contributed by atoms with Crippen LogP contribution in [0.1, 0.15) is 42.3 Å². The minimum Gasteiger partial charge on any atom is -0.508 e. The van der Waals surface area contributed by atoms with Crippen molar-refractivity contribution >= 4 is 28.9 Å². The highest BCUT2D eigenvalue weighted by Crippen LogP contribution is 2.23. The number of fused-ring (bicyclic) bond motifs is 1. The Bertz CT molecular complexity index is 1390. The summed E-state index contributed by atoms with van der Waals surface area (Å²) in [6, 6.07) is 17.7. The fourth-order valence-electron chi connectivity index (χ4n) is 3.61. The Kier molecular flexibility index (Phi) is 5.82. The number of anilines is 1. The summed E-state index contributed by atoms with van der Waals surface area (Å²) in [5, 5.41) is 12.4. The van der Waals surface area contributed by atoms with Crippen LogP contribution in [-0.4, -0.2) is 34.3 Å². The topological polar surface area (TPSA) is 123 Å². The van der Waals surface area contributed by atoms with E-state index in [1.165, 1.54) is 31.4 Å². The lowest BCUT2D eigenvalue weighted by atomic mass is 10.0. The third-order valence-corrected chi connectivity index (χ3v) is 5.24. The minimum absolute atomic E-state index is 0.0158. The van der Waals surface area contributed by atoms with Crippen LogP contribution in [0.2, 0.25) is 0 Å². The van der Waals surface area contributed by atoms with Crippen molar-refractivity contribution in [3.63, 3.8) is 0 Å². The summed E-state index contributed by atoms with van der Waals surface area (Å²) in [7, 11) is 1.24. The van der Waals surface area contributed by atoms with E-state index < -0.39 is 5.97 Å². The van der Waals surface area contributed by atoms with E-state index in [1.54, 1.807) is 34.9 Å². The molecule has 0 radical (unpaired) electrons. The predicted molar refractivity (Wildman–Crippen MR) is 122 cm³/mol. The normalized spacial score (nSPS) is 10.7. The number of methoxy groups -OCH3 is 1. The molecule has 0 saturated carbocycles. The second-order valence-electron chi connectivity index (χ2n) is 7.37. The molecule has 4 aromatic rings. The van der Waals surface area contributed by atoms with Crippen molar-refractivity contribution in [2.75, 3.05) is 12.8 Å². The number of nitrogens with two attached hydrogens (primary N) is 1. The number of aromatic nitrogens is 1. The number of ether oxygens (including phenoxy) is 1. The molecule has 4 rings (SSSR count). The number of carbonyl (C=O) groups is 3. The Morgan fingerprint density at radius 1 is 1.00 bits per heavy atom. The zero-order chi connectivity index (χ0) is 23.5. The molecule has 0 aliphatic carbocycles. The molecule has 2 aromatic carbocycles. The molecule has 166 valence electrons. The number of nitrogens with one attached hydrogen (secondary N) is 1. The summed E-state index contributed by atoms with van der Waals surface area (Å²) in [6.07, 6.45) is 1.75. The number of aromatic hydroxyl groups is 1. The molecule has 8 heteroatoms. The Balaban J connectivity index is 1.70. The van der Waals surface area contributed by atoms with Crippen molar-refractivity contribution < 1.29 is 24.2 Å². The molecular formula is C25H21N3O5. The minimum atomic E-state index is -0.638. The molecule has 2 aromatic heterocycles. The lowest BCUT2D eigenvalue weighted by Crippen LogP contribution is -2.24. The molecular weight excluding hydrogens is 422 g/mol. The van der Waals surface area contributed by atoms with Crippen LogP contribution in [0.3, 0.4) is 0 Å². The van der Waals surface area contributed by atoms with Crippen molar-refractivity contribution in [2.24, 2.45) is 0 Å². The number of pyridine rings is 1. The maximum atomic E-state index is 13.5. The van der Waals surface area contributed by atoms with Crippen molar-refractivity contribution in [1.29, 1.82) is 0 Å². The second-order valence-corrected chi connectivity index (χ2v) is 7.37. The number of phenols is 1. The van der Waals surface area contributed by atoms with Crippen molar-refractivity contribution in [2.45, 2.75) is 6.54 Å². The number of amides is 1. The molecule has 0 saturated heterocycles. The van der Waals surface area contributed by atoms with Crippen LogP contribution in [0.4, 0.5) is 5.69 Å². The zero-order valence-corrected chi connectivity index (χ0v) is 17.7. The fourth-order valence-corrected chi connectivity index (χ4v) is 3.61. The van der Waals surface area contributed by atoms with Crippen LogP contribution in [-0.2, 0) is 11.3 Å². The molecule has 0 aliphatic rings. The first-order chi connectivity index (χ1) is 15.9. The van der Waals surface area contributed by atoms with Gasteiger partial charge in [0.05, 0.1) is 18.4 Å². The molecule has 8 nitrogen and oxygen atoms in total. The monoisotopic (exact) mass is 443 g/mol. The van der Waals surface area contributed by atoms with Gasteiger partial charge >= 0.3 is 5.97 Å². The number of nitrogens with zero attached hydrogens (tertiary/aromatic N) is 1. The number of nitrogen functional groups attached to an aromatic ring is 1. The van der Waals surface area contributed by atoms with E-state index >= 15 is 0 Å². The molecule has 33 heavy (non-hydrogen) atoms. The molecule has 0 atom stereocenters. The average Bonchev–Trinajstić information content (AvgIpc) is 3.20.